The Morgan fingerprint density at radius 1 is 1.25 bits per heavy atom. The van der Waals surface area contributed by atoms with Gasteiger partial charge in [-0.05, 0) is 24.0 Å². The van der Waals surface area contributed by atoms with Gasteiger partial charge in [-0.15, -0.1) is 0 Å². The third-order valence-corrected chi connectivity index (χ3v) is 2.44. The summed E-state index contributed by atoms with van der Waals surface area (Å²) >= 11 is 0. The molecule has 1 aromatic heterocycles. The Labute approximate surface area is 94.3 Å². The molecule has 0 unspecified atom stereocenters. The van der Waals surface area contributed by atoms with Crippen LogP contribution in [-0.4, -0.2) is 26.9 Å². The van der Waals surface area contributed by atoms with E-state index in [1.54, 1.807) is 16.8 Å². The largest absolute Gasteiger partial charge is 0.488 e. The number of aryl methyl sites for hydroxylation is 1. The highest BCUT2D eigenvalue weighted by atomic mass is 16.4. The molecule has 0 saturated carbocycles. The predicted molar refractivity (Wildman–Crippen MR) is 62.3 cm³/mol. The van der Waals surface area contributed by atoms with Crippen molar-refractivity contribution >= 4 is 12.6 Å². The molecule has 2 aromatic rings. The van der Waals surface area contributed by atoms with E-state index in [-0.39, 0.29) is 0 Å². The maximum Gasteiger partial charge on any atom is 0.488 e. The lowest BCUT2D eigenvalue weighted by Gasteiger charge is -2.08. The van der Waals surface area contributed by atoms with Crippen LogP contribution < -0.4 is 5.46 Å². The predicted octanol–water partition coefficient (Wildman–Crippen LogP) is -0.0804. The standard InChI is InChI=1S/C11H13BN2O2/c1-9-6-7-14(13-9)8-10-4-2-3-5-11(10)12(15)16/h2-7,15-16H,8H2,1H3. The molecule has 0 aliphatic carbocycles. The SMILES string of the molecule is Cc1ccn(Cc2ccccc2B(O)O)n1. The summed E-state index contributed by atoms with van der Waals surface area (Å²) in [6.07, 6.45) is 1.87. The van der Waals surface area contributed by atoms with Crippen LogP contribution in [0.2, 0.25) is 0 Å². The number of rotatable bonds is 3. The lowest BCUT2D eigenvalue weighted by atomic mass is 9.77. The van der Waals surface area contributed by atoms with Crippen molar-refractivity contribution in [2.24, 2.45) is 0 Å². The minimum absolute atomic E-state index is 0.524. The summed E-state index contributed by atoms with van der Waals surface area (Å²) in [6, 6.07) is 9.14. The van der Waals surface area contributed by atoms with Gasteiger partial charge in [-0.2, -0.15) is 5.10 Å². The normalized spacial score (nSPS) is 10.4. The van der Waals surface area contributed by atoms with Crippen LogP contribution in [-0.2, 0) is 6.54 Å². The number of hydrogen-bond acceptors (Lipinski definition) is 3. The summed E-state index contributed by atoms with van der Waals surface area (Å²) in [5.74, 6) is 0. The molecule has 0 bridgehead atoms. The number of nitrogens with zero attached hydrogens (tertiary/aromatic N) is 2. The van der Waals surface area contributed by atoms with Crippen molar-refractivity contribution in [3.05, 3.63) is 47.8 Å². The second kappa shape index (κ2) is 4.51. The fourth-order valence-corrected chi connectivity index (χ4v) is 1.66. The Morgan fingerprint density at radius 3 is 2.62 bits per heavy atom. The molecule has 0 fully saturated rings. The fraction of sp³-hybridized carbons (Fsp3) is 0.182. The van der Waals surface area contributed by atoms with Gasteiger partial charge in [0.2, 0.25) is 0 Å². The van der Waals surface area contributed by atoms with Gasteiger partial charge in [0.1, 0.15) is 0 Å². The summed E-state index contributed by atoms with van der Waals surface area (Å²) in [6.45, 7) is 2.46. The zero-order valence-electron chi connectivity index (χ0n) is 9.04. The van der Waals surface area contributed by atoms with Gasteiger partial charge < -0.3 is 10.0 Å². The van der Waals surface area contributed by atoms with E-state index in [2.05, 4.69) is 5.10 Å². The van der Waals surface area contributed by atoms with E-state index in [1.165, 1.54) is 0 Å². The minimum atomic E-state index is -1.44. The Morgan fingerprint density at radius 2 is 2.00 bits per heavy atom. The molecule has 0 spiro atoms. The lowest BCUT2D eigenvalue weighted by molar-refractivity contribution is 0.425. The van der Waals surface area contributed by atoms with Gasteiger partial charge in [0.05, 0.1) is 12.2 Å². The van der Waals surface area contributed by atoms with E-state index >= 15 is 0 Å². The van der Waals surface area contributed by atoms with Crippen LogP contribution in [0.5, 0.6) is 0 Å². The summed E-state index contributed by atoms with van der Waals surface area (Å²) in [4.78, 5) is 0. The third kappa shape index (κ3) is 2.32. The van der Waals surface area contributed by atoms with Crippen molar-refractivity contribution < 1.29 is 10.0 Å². The fourth-order valence-electron chi connectivity index (χ4n) is 1.66. The van der Waals surface area contributed by atoms with Crippen LogP contribution >= 0.6 is 0 Å². The van der Waals surface area contributed by atoms with Crippen molar-refractivity contribution in [3.63, 3.8) is 0 Å². The van der Waals surface area contributed by atoms with Gasteiger partial charge in [0.15, 0.2) is 0 Å². The smallest absolute Gasteiger partial charge is 0.423 e. The highest BCUT2D eigenvalue weighted by Gasteiger charge is 2.15. The van der Waals surface area contributed by atoms with Gasteiger partial charge in [-0.1, -0.05) is 24.3 Å². The van der Waals surface area contributed by atoms with Crippen molar-refractivity contribution in [3.8, 4) is 0 Å². The number of aromatic nitrogens is 2. The Bertz CT molecular complexity index is 482. The highest BCUT2D eigenvalue weighted by Crippen LogP contribution is 2.01. The van der Waals surface area contributed by atoms with Crippen LogP contribution in [0.15, 0.2) is 36.5 Å². The Hall–Kier alpha value is -1.59. The molecule has 16 heavy (non-hydrogen) atoms. The van der Waals surface area contributed by atoms with Crippen LogP contribution in [0.25, 0.3) is 0 Å². The first-order chi connectivity index (χ1) is 7.66. The molecule has 0 amide bonds. The molecule has 0 aliphatic heterocycles. The average molecular weight is 216 g/mol. The second-order valence-electron chi connectivity index (χ2n) is 3.73. The number of hydrogen-bond donors (Lipinski definition) is 2. The first-order valence-corrected chi connectivity index (χ1v) is 5.11. The molecule has 2 N–H and O–H groups in total. The zero-order chi connectivity index (χ0) is 11.5. The molecule has 0 aliphatic rings. The highest BCUT2D eigenvalue weighted by molar-refractivity contribution is 6.59. The van der Waals surface area contributed by atoms with Gasteiger partial charge in [-0.3, -0.25) is 4.68 Å². The maximum absolute atomic E-state index is 9.21. The van der Waals surface area contributed by atoms with Crippen LogP contribution in [0, 0.1) is 6.92 Å². The van der Waals surface area contributed by atoms with Gasteiger partial charge >= 0.3 is 7.12 Å². The van der Waals surface area contributed by atoms with Crippen molar-refractivity contribution in [1.82, 2.24) is 9.78 Å². The summed E-state index contributed by atoms with van der Waals surface area (Å²) < 4.78 is 1.77. The molecule has 1 aromatic carbocycles. The molecule has 82 valence electrons. The molecular weight excluding hydrogens is 203 g/mol. The minimum Gasteiger partial charge on any atom is -0.423 e. The van der Waals surface area contributed by atoms with Crippen LogP contribution in [0.4, 0.5) is 0 Å². The van der Waals surface area contributed by atoms with Gasteiger partial charge in [0.25, 0.3) is 0 Å². The molecule has 0 radical (unpaired) electrons. The topological polar surface area (TPSA) is 58.3 Å². The first-order valence-electron chi connectivity index (χ1n) is 5.11. The molecule has 4 nitrogen and oxygen atoms in total. The molecule has 1 heterocycles. The lowest BCUT2D eigenvalue weighted by Crippen LogP contribution is -2.33. The zero-order valence-corrected chi connectivity index (χ0v) is 9.04. The van der Waals surface area contributed by atoms with E-state index in [4.69, 9.17) is 0 Å². The molecule has 5 heteroatoms. The molecule has 2 rings (SSSR count). The monoisotopic (exact) mass is 216 g/mol. The summed E-state index contributed by atoms with van der Waals surface area (Å²) in [7, 11) is -1.44. The molecule has 0 atom stereocenters. The molecular formula is C11H13BN2O2. The third-order valence-electron chi connectivity index (χ3n) is 2.44. The van der Waals surface area contributed by atoms with E-state index in [0.29, 0.717) is 12.0 Å². The van der Waals surface area contributed by atoms with Crippen LogP contribution in [0.3, 0.4) is 0 Å². The van der Waals surface area contributed by atoms with Gasteiger partial charge in [0, 0.05) is 6.20 Å². The molecule has 0 saturated heterocycles. The van der Waals surface area contributed by atoms with E-state index in [1.807, 2.05) is 31.3 Å². The van der Waals surface area contributed by atoms with E-state index < -0.39 is 7.12 Å². The first kappa shape index (κ1) is 10.9. The second-order valence-corrected chi connectivity index (χ2v) is 3.73. The summed E-state index contributed by atoms with van der Waals surface area (Å²) in [5.41, 5.74) is 2.33. The van der Waals surface area contributed by atoms with E-state index in [0.717, 1.165) is 11.3 Å². The Balaban J connectivity index is 2.27. The van der Waals surface area contributed by atoms with Crippen molar-refractivity contribution in [2.45, 2.75) is 13.5 Å². The quantitative estimate of drug-likeness (QED) is 0.705. The van der Waals surface area contributed by atoms with Crippen LogP contribution in [0.1, 0.15) is 11.3 Å². The Kier molecular flexibility index (Phi) is 3.08. The number of benzene rings is 1. The van der Waals surface area contributed by atoms with Crippen molar-refractivity contribution in [1.29, 1.82) is 0 Å². The van der Waals surface area contributed by atoms with Crippen molar-refractivity contribution in [2.75, 3.05) is 0 Å². The maximum atomic E-state index is 9.21. The van der Waals surface area contributed by atoms with E-state index in [9.17, 15) is 10.0 Å². The average Bonchev–Trinajstić information content (AvgIpc) is 2.64. The van der Waals surface area contributed by atoms with Gasteiger partial charge in [-0.25, -0.2) is 0 Å². The summed E-state index contributed by atoms with van der Waals surface area (Å²) in [5, 5.41) is 22.7.